The number of thioether (sulfide) groups is 1. The topological polar surface area (TPSA) is 279 Å². The van der Waals surface area contributed by atoms with Crippen molar-refractivity contribution in [2.24, 2.45) is 44.6 Å². The molecule has 0 bridgehead atoms. The highest BCUT2D eigenvalue weighted by molar-refractivity contribution is 7.98. The number of hydrogen-bond acceptors (Lipinski definition) is 8. The molecule has 0 heterocycles. The summed E-state index contributed by atoms with van der Waals surface area (Å²) in [7, 11) is 0. The minimum absolute atomic E-state index is 0.0774. The summed E-state index contributed by atoms with van der Waals surface area (Å²) < 4.78 is 0. The lowest BCUT2D eigenvalue weighted by Crippen LogP contribution is -2.58. The van der Waals surface area contributed by atoms with Crippen LogP contribution in [-0.4, -0.2) is 90.0 Å². The molecule has 38 heavy (non-hydrogen) atoms. The zero-order chi connectivity index (χ0) is 29.3. The maximum Gasteiger partial charge on any atom is 0.326 e. The van der Waals surface area contributed by atoms with E-state index in [0.717, 1.165) is 0 Å². The second-order valence-electron chi connectivity index (χ2n) is 8.98. The van der Waals surface area contributed by atoms with Crippen molar-refractivity contribution < 1.29 is 24.3 Å². The molecular formula is C22H44N10O5S. The van der Waals surface area contributed by atoms with E-state index in [0.29, 0.717) is 25.0 Å². The Morgan fingerprint density at radius 2 is 1.29 bits per heavy atom. The molecule has 0 rings (SSSR count). The van der Waals surface area contributed by atoms with E-state index in [1.54, 1.807) is 13.8 Å². The van der Waals surface area contributed by atoms with Crippen LogP contribution in [0.2, 0.25) is 0 Å². The molecule has 4 unspecified atom stereocenters. The molecule has 0 aromatic rings. The number of nitrogens with two attached hydrogens (primary N) is 5. The van der Waals surface area contributed by atoms with Gasteiger partial charge in [-0.15, -0.1) is 0 Å². The number of carboxylic acid groups (broad SMARTS) is 1. The third-order valence-corrected chi connectivity index (χ3v) is 6.00. The predicted molar refractivity (Wildman–Crippen MR) is 149 cm³/mol. The van der Waals surface area contributed by atoms with Crippen molar-refractivity contribution in [2.75, 3.05) is 25.1 Å². The van der Waals surface area contributed by atoms with Crippen LogP contribution in [0.3, 0.4) is 0 Å². The van der Waals surface area contributed by atoms with E-state index in [1.165, 1.54) is 11.8 Å². The summed E-state index contributed by atoms with van der Waals surface area (Å²) in [6.45, 7) is 3.83. The maximum atomic E-state index is 13.2. The van der Waals surface area contributed by atoms with Gasteiger partial charge in [0.05, 0.1) is 6.04 Å². The molecule has 14 N–H and O–H groups in total. The van der Waals surface area contributed by atoms with Crippen molar-refractivity contribution in [1.29, 1.82) is 0 Å². The van der Waals surface area contributed by atoms with E-state index in [2.05, 4.69) is 25.9 Å². The first-order valence-corrected chi connectivity index (χ1v) is 13.7. The zero-order valence-electron chi connectivity index (χ0n) is 22.3. The molecule has 16 heteroatoms. The Labute approximate surface area is 227 Å². The van der Waals surface area contributed by atoms with Crippen LogP contribution in [0.4, 0.5) is 0 Å². The number of guanidine groups is 2. The van der Waals surface area contributed by atoms with Crippen LogP contribution in [0, 0.1) is 5.92 Å². The minimum Gasteiger partial charge on any atom is -0.480 e. The molecule has 0 spiro atoms. The van der Waals surface area contributed by atoms with Gasteiger partial charge in [-0.2, -0.15) is 11.8 Å². The largest absolute Gasteiger partial charge is 0.480 e. The number of carbonyl (C=O) groups excluding carboxylic acids is 3. The molecule has 15 nitrogen and oxygen atoms in total. The molecule has 0 aliphatic heterocycles. The molecule has 0 saturated carbocycles. The zero-order valence-corrected chi connectivity index (χ0v) is 23.1. The number of rotatable bonds is 19. The number of carbonyl (C=O) groups is 4. The third kappa shape index (κ3) is 15.1. The summed E-state index contributed by atoms with van der Waals surface area (Å²) in [6.07, 6.45) is 3.25. The van der Waals surface area contributed by atoms with Crippen LogP contribution < -0.4 is 44.6 Å². The van der Waals surface area contributed by atoms with Gasteiger partial charge in [0.25, 0.3) is 0 Å². The fraction of sp³-hybridized carbons (Fsp3) is 0.727. The highest BCUT2D eigenvalue weighted by Gasteiger charge is 2.31. The molecule has 0 aliphatic rings. The van der Waals surface area contributed by atoms with E-state index < -0.39 is 53.8 Å². The van der Waals surface area contributed by atoms with Crippen LogP contribution >= 0.6 is 11.8 Å². The lowest BCUT2D eigenvalue weighted by atomic mass is 10.0. The number of amides is 3. The third-order valence-electron chi connectivity index (χ3n) is 5.35. The van der Waals surface area contributed by atoms with E-state index in [4.69, 9.17) is 28.7 Å². The van der Waals surface area contributed by atoms with Gasteiger partial charge in [0, 0.05) is 13.1 Å². The molecule has 218 valence electrons. The first-order chi connectivity index (χ1) is 17.8. The van der Waals surface area contributed by atoms with Crippen molar-refractivity contribution >= 4 is 47.4 Å². The van der Waals surface area contributed by atoms with Gasteiger partial charge in [-0.1, -0.05) is 13.8 Å². The average Bonchev–Trinajstić information content (AvgIpc) is 2.83. The average molecular weight is 561 g/mol. The smallest absolute Gasteiger partial charge is 0.326 e. The maximum absolute atomic E-state index is 13.2. The van der Waals surface area contributed by atoms with Gasteiger partial charge in [-0.25, -0.2) is 4.79 Å². The van der Waals surface area contributed by atoms with Gasteiger partial charge in [-0.05, 0) is 50.0 Å². The summed E-state index contributed by atoms with van der Waals surface area (Å²) in [6, 6.07) is -4.10. The summed E-state index contributed by atoms with van der Waals surface area (Å²) in [4.78, 5) is 58.1. The van der Waals surface area contributed by atoms with Crippen LogP contribution in [0.1, 0.15) is 46.0 Å². The van der Waals surface area contributed by atoms with Gasteiger partial charge in [0.15, 0.2) is 11.9 Å². The van der Waals surface area contributed by atoms with Gasteiger partial charge in [-0.3, -0.25) is 24.4 Å². The minimum atomic E-state index is -1.24. The molecule has 4 atom stereocenters. The van der Waals surface area contributed by atoms with E-state index in [-0.39, 0.29) is 37.9 Å². The second-order valence-corrected chi connectivity index (χ2v) is 9.96. The number of nitrogens with one attached hydrogen (secondary N) is 3. The molecule has 0 fully saturated rings. The highest BCUT2D eigenvalue weighted by Crippen LogP contribution is 2.08. The van der Waals surface area contributed by atoms with Gasteiger partial charge in [0.2, 0.25) is 17.7 Å². The van der Waals surface area contributed by atoms with E-state index in [1.807, 2.05) is 6.26 Å². The van der Waals surface area contributed by atoms with Crippen molar-refractivity contribution in [3.63, 3.8) is 0 Å². The molecule has 3 amide bonds. The van der Waals surface area contributed by atoms with Crippen molar-refractivity contribution in [3.8, 4) is 0 Å². The summed E-state index contributed by atoms with van der Waals surface area (Å²) in [5.41, 5.74) is 27.1. The number of aliphatic carboxylic acids is 1. The van der Waals surface area contributed by atoms with E-state index >= 15 is 0 Å². The Balaban J connectivity index is 5.47. The predicted octanol–water partition coefficient (Wildman–Crippen LogP) is -2.63. The quantitative estimate of drug-likeness (QED) is 0.0447. The van der Waals surface area contributed by atoms with Gasteiger partial charge < -0.3 is 49.7 Å². The van der Waals surface area contributed by atoms with Gasteiger partial charge >= 0.3 is 5.97 Å². The molecule has 0 saturated heterocycles. The van der Waals surface area contributed by atoms with Crippen LogP contribution in [0.15, 0.2) is 9.98 Å². The van der Waals surface area contributed by atoms with Crippen molar-refractivity contribution in [3.05, 3.63) is 0 Å². The molecule has 0 aromatic carbocycles. The lowest BCUT2D eigenvalue weighted by molar-refractivity contribution is -0.142. The Morgan fingerprint density at radius 1 is 0.789 bits per heavy atom. The standard InChI is InChI=1S/C22H44N10O5S/c1-12(2)16(19(35)31-15(20(36)37)7-5-10-29-22(26)27)32-18(34)14(6-4-9-28-21(24)25)30-17(33)13(23)8-11-38-3/h12-16H,4-11,23H2,1-3H3,(H,30,33)(H,31,35)(H,32,34)(H,36,37)(H4,24,25,28)(H4,26,27,29). The number of nitrogens with zero attached hydrogens (tertiary/aromatic N) is 2. The SMILES string of the molecule is CSCCC(N)C(=O)NC(CCCN=C(N)N)C(=O)NC(C(=O)NC(CCCN=C(N)N)C(=O)O)C(C)C. The summed E-state index contributed by atoms with van der Waals surface area (Å²) in [5, 5.41) is 17.3. The summed E-state index contributed by atoms with van der Waals surface area (Å²) in [5.74, 6) is -2.97. The van der Waals surface area contributed by atoms with E-state index in [9.17, 15) is 24.3 Å². The van der Waals surface area contributed by atoms with Crippen LogP contribution in [0.25, 0.3) is 0 Å². The molecule has 0 aromatic heterocycles. The summed E-state index contributed by atoms with van der Waals surface area (Å²) >= 11 is 1.54. The molecule has 0 radical (unpaired) electrons. The van der Waals surface area contributed by atoms with Crippen molar-refractivity contribution in [1.82, 2.24) is 16.0 Å². The Morgan fingerprint density at radius 3 is 1.74 bits per heavy atom. The Hall–Kier alpha value is -3.27. The Kier molecular flexibility index (Phi) is 17.3. The fourth-order valence-corrected chi connectivity index (χ4v) is 3.73. The number of hydrogen-bond donors (Lipinski definition) is 9. The monoisotopic (exact) mass is 560 g/mol. The molecular weight excluding hydrogens is 516 g/mol. The number of carboxylic acids is 1. The van der Waals surface area contributed by atoms with Gasteiger partial charge in [0.1, 0.15) is 18.1 Å². The Bertz CT molecular complexity index is 831. The van der Waals surface area contributed by atoms with Crippen molar-refractivity contribution in [2.45, 2.75) is 70.1 Å². The normalized spacial score (nSPS) is 13.9. The highest BCUT2D eigenvalue weighted by atomic mass is 32.2. The van der Waals surface area contributed by atoms with Crippen LogP contribution in [0.5, 0.6) is 0 Å². The second kappa shape index (κ2) is 18.9. The van der Waals surface area contributed by atoms with Crippen LogP contribution in [-0.2, 0) is 19.2 Å². The first-order valence-electron chi connectivity index (χ1n) is 12.3. The first kappa shape index (κ1) is 34.7. The lowest BCUT2D eigenvalue weighted by Gasteiger charge is -2.27. The fourth-order valence-electron chi connectivity index (χ4n) is 3.24. The number of aliphatic imine (C=N–C) groups is 2. The molecule has 0 aliphatic carbocycles.